The van der Waals surface area contributed by atoms with E-state index in [1.165, 1.54) is 0 Å². The van der Waals surface area contributed by atoms with E-state index in [0.717, 1.165) is 15.6 Å². The second kappa shape index (κ2) is 6.86. The van der Waals surface area contributed by atoms with Crippen LogP contribution in [-0.4, -0.2) is 11.0 Å². The van der Waals surface area contributed by atoms with Gasteiger partial charge >= 0.3 is 6.03 Å². The molecule has 102 valence electrons. The Labute approximate surface area is 126 Å². The summed E-state index contributed by atoms with van der Waals surface area (Å²) in [5.41, 5.74) is 2.05. The van der Waals surface area contributed by atoms with Crippen molar-refractivity contribution in [3.05, 3.63) is 64.4 Å². The van der Waals surface area contributed by atoms with E-state index in [9.17, 15) is 4.79 Å². The molecular formula is C15H14BrN3O. The maximum absolute atomic E-state index is 11.6. The number of aromatic nitrogens is 1. The summed E-state index contributed by atoms with van der Waals surface area (Å²) in [6, 6.07) is 11.1. The third-order valence-electron chi connectivity index (χ3n) is 2.51. The summed E-state index contributed by atoms with van der Waals surface area (Å²) in [6.07, 6.45) is 5.11. The van der Waals surface area contributed by atoms with Crippen LogP contribution in [0.3, 0.4) is 0 Å². The highest BCUT2D eigenvalue weighted by atomic mass is 79.9. The van der Waals surface area contributed by atoms with Crippen molar-refractivity contribution >= 4 is 33.9 Å². The van der Waals surface area contributed by atoms with Gasteiger partial charge in [0.05, 0.1) is 0 Å². The number of aryl methyl sites for hydroxylation is 1. The molecule has 20 heavy (non-hydrogen) atoms. The second-order valence-corrected chi connectivity index (χ2v) is 5.12. The van der Waals surface area contributed by atoms with Crippen molar-refractivity contribution in [2.24, 2.45) is 0 Å². The van der Waals surface area contributed by atoms with Gasteiger partial charge in [-0.2, -0.15) is 0 Å². The van der Waals surface area contributed by atoms with Gasteiger partial charge in [0.1, 0.15) is 5.82 Å². The molecule has 0 saturated heterocycles. The van der Waals surface area contributed by atoms with Crippen molar-refractivity contribution in [2.45, 2.75) is 6.92 Å². The number of nitrogens with zero attached hydrogens (tertiary/aromatic N) is 1. The predicted molar refractivity (Wildman–Crippen MR) is 84.3 cm³/mol. The minimum absolute atomic E-state index is 0.324. The van der Waals surface area contributed by atoms with Crippen LogP contribution in [0.2, 0.25) is 0 Å². The maximum Gasteiger partial charge on any atom is 0.324 e. The fourth-order valence-corrected chi connectivity index (χ4v) is 1.75. The fourth-order valence-electron chi connectivity index (χ4n) is 1.48. The van der Waals surface area contributed by atoms with Gasteiger partial charge < -0.3 is 5.32 Å². The van der Waals surface area contributed by atoms with Crippen LogP contribution in [0.1, 0.15) is 11.1 Å². The SMILES string of the molecule is Cc1ccc(NC(=O)N/C=C/c2ccc(Br)cc2)nc1. The molecule has 0 radical (unpaired) electrons. The molecule has 1 aromatic heterocycles. The van der Waals surface area contributed by atoms with E-state index in [1.54, 1.807) is 18.5 Å². The molecule has 2 amide bonds. The smallest absolute Gasteiger partial charge is 0.314 e. The van der Waals surface area contributed by atoms with E-state index in [1.807, 2.05) is 43.3 Å². The number of rotatable bonds is 3. The molecule has 0 atom stereocenters. The first-order chi connectivity index (χ1) is 9.63. The normalized spacial score (nSPS) is 10.5. The zero-order chi connectivity index (χ0) is 14.4. The third-order valence-corrected chi connectivity index (χ3v) is 3.04. The second-order valence-electron chi connectivity index (χ2n) is 4.20. The Balaban J connectivity index is 1.85. The van der Waals surface area contributed by atoms with Gasteiger partial charge in [-0.25, -0.2) is 9.78 Å². The minimum Gasteiger partial charge on any atom is -0.314 e. The fraction of sp³-hybridized carbons (Fsp3) is 0.0667. The number of pyridine rings is 1. The lowest BCUT2D eigenvalue weighted by Gasteiger charge is -2.03. The number of nitrogens with one attached hydrogen (secondary N) is 2. The molecule has 0 fully saturated rings. The molecule has 1 aromatic carbocycles. The summed E-state index contributed by atoms with van der Waals surface area (Å²) in [7, 11) is 0. The zero-order valence-corrected chi connectivity index (χ0v) is 12.5. The van der Waals surface area contributed by atoms with Gasteiger partial charge in [0.25, 0.3) is 0 Å². The number of amides is 2. The standard InChI is InChI=1S/C15H14BrN3O/c1-11-2-7-14(18-10-11)19-15(20)17-9-8-12-3-5-13(16)6-4-12/h2-10H,1H3,(H2,17,18,19,20)/b9-8+. The van der Waals surface area contributed by atoms with E-state index >= 15 is 0 Å². The van der Waals surface area contributed by atoms with Crippen LogP contribution in [0, 0.1) is 6.92 Å². The summed E-state index contributed by atoms with van der Waals surface area (Å²) in [5, 5.41) is 5.27. The van der Waals surface area contributed by atoms with Crippen molar-refractivity contribution in [3.63, 3.8) is 0 Å². The molecule has 2 N–H and O–H groups in total. The Morgan fingerprint density at radius 1 is 1.20 bits per heavy atom. The lowest BCUT2D eigenvalue weighted by Crippen LogP contribution is -2.24. The highest BCUT2D eigenvalue weighted by molar-refractivity contribution is 9.10. The van der Waals surface area contributed by atoms with Crippen LogP contribution in [0.4, 0.5) is 10.6 Å². The van der Waals surface area contributed by atoms with Crippen LogP contribution >= 0.6 is 15.9 Å². The quantitative estimate of drug-likeness (QED) is 0.894. The first-order valence-electron chi connectivity index (χ1n) is 6.06. The topological polar surface area (TPSA) is 54.0 Å². The van der Waals surface area contributed by atoms with Gasteiger partial charge in [0.2, 0.25) is 0 Å². The first-order valence-corrected chi connectivity index (χ1v) is 6.85. The van der Waals surface area contributed by atoms with Crippen molar-refractivity contribution in [3.8, 4) is 0 Å². The van der Waals surface area contributed by atoms with Gasteiger partial charge in [0, 0.05) is 16.9 Å². The molecule has 5 heteroatoms. The number of carbonyl (C=O) groups is 1. The Hall–Kier alpha value is -2.14. The number of benzene rings is 1. The number of carbonyl (C=O) groups excluding carboxylic acids is 1. The number of urea groups is 1. The molecule has 0 aliphatic carbocycles. The lowest BCUT2D eigenvalue weighted by molar-refractivity contribution is 0.255. The average molecular weight is 332 g/mol. The first kappa shape index (κ1) is 14.3. The van der Waals surface area contributed by atoms with Crippen LogP contribution in [0.15, 0.2) is 53.3 Å². The highest BCUT2D eigenvalue weighted by Gasteiger charge is 1.99. The summed E-state index contributed by atoms with van der Waals surface area (Å²) < 4.78 is 1.02. The van der Waals surface area contributed by atoms with Gasteiger partial charge in [0.15, 0.2) is 0 Å². The van der Waals surface area contributed by atoms with Crippen molar-refractivity contribution in [2.75, 3.05) is 5.32 Å². The Kier molecular flexibility index (Phi) is 4.90. The molecular weight excluding hydrogens is 318 g/mol. The predicted octanol–water partition coefficient (Wildman–Crippen LogP) is 3.94. The summed E-state index contributed by atoms with van der Waals surface area (Å²) in [6.45, 7) is 1.94. The van der Waals surface area contributed by atoms with E-state index in [4.69, 9.17) is 0 Å². The van der Waals surface area contributed by atoms with Crippen LogP contribution in [0.25, 0.3) is 6.08 Å². The largest absolute Gasteiger partial charge is 0.324 e. The molecule has 4 nitrogen and oxygen atoms in total. The number of hydrogen-bond acceptors (Lipinski definition) is 2. The molecule has 0 spiro atoms. The molecule has 0 bridgehead atoms. The third kappa shape index (κ3) is 4.51. The highest BCUT2D eigenvalue weighted by Crippen LogP contribution is 2.11. The molecule has 1 heterocycles. The zero-order valence-electron chi connectivity index (χ0n) is 10.9. The Morgan fingerprint density at radius 3 is 2.60 bits per heavy atom. The summed E-state index contributed by atoms with van der Waals surface area (Å²) in [4.78, 5) is 15.7. The lowest BCUT2D eigenvalue weighted by atomic mass is 10.2. The Morgan fingerprint density at radius 2 is 1.95 bits per heavy atom. The molecule has 0 saturated carbocycles. The van der Waals surface area contributed by atoms with Gasteiger partial charge in [-0.3, -0.25) is 5.32 Å². The molecule has 2 aromatic rings. The average Bonchev–Trinajstić information content (AvgIpc) is 2.44. The van der Waals surface area contributed by atoms with Crippen molar-refractivity contribution < 1.29 is 4.79 Å². The van der Waals surface area contributed by atoms with E-state index < -0.39 is 0 Å². The van der Waals surface area contributed by atoms with E-state index in [2.05, 4.69) is 31.5 Å². The number of halogens is 1. The summed E-state index contributed by atoms with van der Waals surface area (Å²) >= 11 is 3.37. The van der Waals surface area contributed by atoms with Gasteiger partial charge in [-0.1, -0.05) is 34.1 Å². The summed E-state index contributed by atoms with van der Waals surface area (Å²) in [5.74, 6) is 0.519. The van der Waals surface area contributed by atoms with Crippen LogP contribution in [-0.2, 0) is 0 Å². The van der Waals surface area contributed by atoms with Crippen molar-refractivity contribution in [1.82, 2.24) is 10.3 Å². The molecule has 2 rings (SSSR count). The number of anilines is 1. The van der Waals surface area contributed by atoms with Crippen molar-refractivity contribution in [1.29, 1.82) is 0 Å². The van der Waals surface area contributed by atoms with Gasteiger partial charge in [-0.15, -0.1) is 0 Å². The monoisotopic (exact) mass is 331 g/mol. The molecule has 0 aliphatic rings. The Bertz CT molecular complexity index is 606. The van der Waals surface area contributed by atoms with Gasteiger partial charge in [-0.05, 0) is 42.3 Å². The minimum atomic E-state index is -0.324. The number of hydrogen-bond donors (Lipinski definition) is 2. The van der Waals surface area contributed by atoms with E-state index in [-0.39, 0.29) is 6.03 Å². The molecule has 0 aliphatic heterocycles. The van der Waals surface area contributed by atoms with Crippen LogP contribution in [0.5, 0.6) is 0 Å². The van der Waals surface area contributed by atoms with E-state index in [0.29, 0.717) is 5.82 Å². The van der Waals surface area contributed by atoms with Crippen LogP contribution < -0.4 is 10.6 Å². The maximum atomic E-state index is 11.6. The molecule has 0 unspecified atom stereocenters.